The van der Waals surface area contributed by atoms with Gasteiger partial charge in [0.05, 0.1) is 10.8 Å². The Kier molecular flexibility index (Phi) is 3.96. The van der Waals surface area contributed by atoms with Gasteiger partial charge < -0.3 is 5.11 Å². The number of carbonyl (C=O) groups excluding carboxylic acids is 3. The van der Waals surface area contributed by atoms with E-state index in [9.17, 15) is 19.5 Å². The van der Waals surface area contributed by atoms with Gasteiger partial charge >= 0.3 is 0 Å². The molecule has 3 aliphatic carbocycles. The van der Waals surface area contributed by atoms with E-state index in [1.54, 1.807) is 13.8 Å². The van der Waals surface area contributed by atoms with E-state index in [4.69, 9.17) is 0 Å². The summed E-state index contributed by atoms with van der Waals surface area (Å²) in [5.41, 5.74) is -1.72. The highest BCUT2D eigenvalue weighted by atomic mass is 16.3. The number of hydrogen-bond donors (Lipinski definition) is 1. The zero-order chi connectivity index (χ0) is 19.8. The van der Waals surface area contributed by atoms with E-state index in [2.05, 4.69) is 20.4 Å². The van der Waals surface area contributed by atoms with E-state index in [0.29, 0.717) is 19.3 Å². The number of ketones is 3. The van der Waals surface area contributed by atoms with Gasteiger partial charge in [0.1, 0.15) is 11.3 Å². The summed E-state index contributed by atoms with van der Waals surface area (Å²) in [5, 5.41) is 11.2. The topological polar surface area (TPSA) is 71.4 Å². The Hall–Kier alpha value is -1.71. The fourth-order valence-corrected chi connectivity index (χ4v) is 5.93. The van der Waals surface area contributed by atoms with Gasteiger partial charge in [0.15, 0.2) is 17.3 Å². The fourth-order valence-electron chi connectivity index (χ4n) is 5.93. The van der Waals surface area contributed by atoms with Crippen LogP contribution in [0.15, 0.2) is 23.5 Å². The van der Waals surface area contributed by atoms with Gasteiger partial charge in [0.2, 0.25) is 0 Å². The minimum absolute atomic E-state index is 0.0660. The molecule has 1 N–H and O–H groups in total. The predicted molar refractivity (Wildman–Crippen MR) is 99.5 cm³/mol. The maximum atomic E-state index is 13.4. The highest BCUT2D eigenvalue weighted by Crippen LogP contribution is 2.72. The molecule has 3 aliphatic rings. The van der Waals surface area contributed by atoms with Crippen LogP contribution in [0.1, 0.15) is 60.8 Å². The number of allylic oxidation sites excluding steroid dienone is 3. The van der Waals surface area contributed by atoms with Crippen LogP contribution in [0.3, 0.4) is 0 Å². The summed E-state index contributed by atoms with van der Waals surface area (Å²) in [4.78, 5) is 39.5. The third kappa shape index (κ3) is 1.93. The number of aliphatic hydroxyl groups excluding tert-OH is 1. The maximum Gasteiger partial charge on any atom is 0.183 e. The number of carbonyl (C=O) groups is 3. The van der Waals surface area contributed by atoms with Gasteiger partial charge in [-0.25, -0.2) is 0 Å². The van der Waals surface area contributed by atoms with Crippen LogP contribution >= 0.6 is 0 Å². The van der Waals surface area contributed by atoms with Crippen molar-refractivity contribution in [1.82, 2.24) is 0 Å². The Bertz CT molecular complexity index is 771. The second-order valence-corrected chi connectivity index (χ2v) is 9.54. The summed E-state index contributed by atoms with van der Waals surface area (Å²) >= 11 is 0. The Morgan fingerprint density at radius 2 is 1.85 bits per heavy atom. The SMILES string of the molecule is C=C(C)[C@H]1C[C@@]23C(=O)[C@@](C)(C[C@H]2C1(C)C)C(=O)C(C(=O)C(C)CC)=C3O. The average molecular weight is 358 g/mol. The van der Waals surface area contributed by atoms with Gasteiger partial charge in [-0.05, 0) is 50.4 Å². The summed E-state index contributed by atoms with van der Waals surface area (Å²) in [5.74, 6) is -1.71. The normalized spacial score (nSPS) is 39.2. The van der Waals surface area contributed by atoms with Crippen LogP contribution in [0.4, 0.5) is 0 Å². The van der Waals surface area contributed by atoms with E-state index < -0.39 is 16.6 Å². The van der Waals surface area contributed by atoms with Crippen LogP contribution < -0.4 is 0 Å². The molecule has 0 radical (unpaired) electrons. The molecule has 0 aliphatic heterocycles. The molecule has 2 bridgehead atoms. The van der Waals surface area contributed by atoms with Crippen molar-refractivity contribution in [2.24, 2.45) is 34.0 Å². The molecule has 3 rings (SSSR count). The third-order valence-electron chi connectivity index (χ3n) is 7.72. The van der Waals surface area contributed by atoms with Crippen LogP contribution in [0.5, 0.6) is 0 Å². The number of Topliss-reactive ketones (excluding diaryl/α,β-unsaturated/α-hetero) is 3. The molecule has 0 aromatic heterocycles. The second-order valence-electron chi connectivity index (χ2n) is 9.54. The summed E-state index contributed by atoms with van der Waals surface area (Å²) in [6.45, 7) is 15.6. The molecule has 4 nitrogen and oxygen atoms in total. The molecule has 2 fully saturated rings. The van der Waals surface area contributed by atoms with Gasteiger partial charge in [0, 0.05) is 5.92 Å². The fraction of sp³-hybridized carbons (Fsp3) is 0.682. The van der Waals surface area contributed by atoms with Crippen molar-refractivity contribution < 1.29 is 19.5 Å². The van der Waals surface area contributed by atoms with Crippen LogP contribution in [-0.2, 0) is 14.4 Å². The number of hydrogen-bond acceptors (Lipinski definition) is 4. The van der Waals surface area contributed by atoms with Gasteiger partial charge in [0.25, 0.3) is 0 Å². The smallest absolute Gasteiger partial charge is 0.183 e. The van der Waals surface area contributed by atoms with Crippen molar-refractivity contribution in [2.75, 3.05) is 0 Å². The molecule has 142 valence electrons. The zero-order valence-corrected chi connectivity index (χ0v) is 16.7. The number of aliphatic hydroxyl groups is 1. The molecule has 2 saturated carbocycles. The lowest BCUT2D eigenvalue weighted by Gasteiger charge is -2.36. The summed E-state index contributed by atoms with van der Waals surface area (Å²) < 4.78 is 0. The molecular formula is C22H30O4. The first-order valence-corrected chi connectivity index (χ1v) is 9.60. The van der Waals surface area contributed by atoms with Crippen molar-refractivity contribution in [2.45, 2.75) is 60.8 Å². The van der Waals surface area contributed by atoms with E-state index in [1.165, 1.54) is 0 Å². The lowest BCUT2D eigenvalue weighted by Crippen LogP contribution is -2.48. The molecular weight excluding hydrogens is 328 g/mol. The molecule has 0 saturated heterocycles. The molecule has 0 aromatic carbocycles. The van der Waals surface area contributed by atoms with Crippen molar-refractivity contribution in [3.05, 3.63) is 23.5 Å². The van der Waals surface area contributed by atoms with Crippen molar-refractivity contribution in [3.8, 4) is 0 Å². The quantitative estimate of drug-likeness (QED) is 0.464. The van der Waals surface area contributed by atoms with Gasteiger partial charge in [-0.3, -0.25) is 14.4 Å². The molecule has 1 unspecified atom stereocenters. The molecule has 26 heavy (non-hydrogen) atoms. The minimum atomic E-state index is -1.20. The van der Waals surface area contributed by atoms with E-state index in [-0.39, 0.29) is 46.1 Å². The van der Waals surface area contributed by atoms with E-state index >= 15 is 0 Å². The zero-order valence-electron chi connectivity index (χ0n) is 16.7. The highest BCUT2D eigenvalue weighted by Gasteiger charge is 2.76. The highest BCUT2D eigenvalue weighted by molar-refractivity contribution is 6.32. The monoisotopic (exact) mass is 358 g/mol. The lowest BCUT2D eigenvalue weighted by molar-refractivity contribution is -0.143. The van der Waals surface area contributed by atoms with Gasteiger partial charge in [-0.15, -0.1) is 0 Å². The summed E-state index contributed by atoms with van der Waals surface area (Å²) in [6.07, 6.45) is 1.41. The van der Waals surface area contributed by atoms with Gasteiger partial charge in [-0.2, -0.15) is 0 Å². The van der Waals surface area contributed by atoms with Crippen molar-refractivity contribution >= 4 is 17.3 Å². The Morgan fingerprint density at radius 1 is 1.27 bits per heavy atom. The molecule has 1 spiro atoms. The molecule has 4 heteroatoms. The first-order chi connectivity index (χ1) is 11.9. The molecule has 5 atom stereocenters. The lowest BCUT2D eigenvalue weighted by atomic mass is 9.64. The first-order valence-electron chi connectivity index (χ1n) is 9.60. The van der Waals surface area contributed by atoms with Gasteiger partial charge in [-0.1, -0.05) is 39.8 Å². The van der Waals surface area contributed by atoms with Crippen LogP contribution in [-0.4, -0.2) is 22.5 Å². The Balaban J connectivity index is 2.28. The summed E-state index contributed by atoms with van der Waals surface area (Å²) in [7, 11) is 0. The second kappa shape index (κ2) is 5.40. The third-order valence-corrected chi connectivity index (χ3v) is 7.72. The summed E-state index contributed by atoms with van der Waals surface area (Å²) in [6, 6.07) is 0. The van der Waals surface area contributed by atoms with Crippen LogP contribution in [0.2, 0.25) is 0 Å². The molecule has 0 amide bonds. The predicted octanol–water partition coefficient (Wildman–Crippen LogP) is 4.20. The largest absolute Gasteiger partial charge is 0.510 e. The maximum absolute atomic E-state index is 13.4. The minimum Gasteiger partial charge on any atom is -0.510 e. The first kappa shape index (κ1) is 19.1. The van der Waals surface area contributed by atoms with Crippen LogP contribution in [0, 0.1) is 34.0 Å². The van der Waals surface area contributed by atoms with E-state index in [1.807, 2.05) is 13.8 Å². The Labute approximate surface area is 155 Å². The number of rotatable bonds is 4. The molecule has 0 heterocycles. The number of fused-ring (bicyclic) bond motifs is 1. The van der Waals surface area contributed by atoms with Crippen LogP contribution in [0.25, 0.3) is 0 Å². The standard InChI is InChI=1S/C22H30O4/c1-8-12(4)16(23)15-17(24)21(7)10-14-20(5,6)13(11(2)3)9-22(14,18(15)25)19(21)26/h12-14,25H,2,8-10H2,1,3-7H3/t12?,13-,14+,21+,22-/m1/s1. The molecule has 0 aromatic rings. The average Bonchev–Trinajstić information content (AvgIpc) is 2.92. The van der Waals surface area contributed by atoms with Crippen molar-refractivity contribution in [3.63, 3.8) is 0 Å². The Morgan fingerprint density at radius 3 is 2.35 bits per heavy atom. The van der Waals surface area contributed by atoms with E-state index in [0.717, 1.165) is 5.57 Å². The van der Waals surface area contributed by atoms with Crippen molar-refractivity contribution in [1.29, 1.82) is 0 Å².